The molecule has 0 atom stereocenters. The number of quaternary nitrogens is 1. The maximum Gasteiger partial charge on any atom is 0.293 e. The Kier molecular flexibility index (Phi) is 9.12. The van der Waals surface area contributed by atoms with Crippen LogP contribution in [0.3, 0.4) is 0 Å². The third-order valence-electron chi connectivity index (χ3n) is 2.61. The standard InChI is InChI=1S/C10H22NO5/c12-7-11(8-13,9-14)5-3-1-2-4-6-16-10-15/h10,12-14H,1-9H2/q+1. The van der Waals surface area contributed by atoms with Gasteiger partial charge in [0.05, 0.1) is 13.2 Å². The highest BCUT2D eigenvalue weighted by Gasteiger charge is 2.23. The predicted molar refractivity (Wildman–Crippen MR) is 56.9 cm³/mol. The maximum absolute atomic E-state index is 9.83. The number of carbonyl (C=O) groups is 1. The van der Waals surface area contributed by atoms with E-state index in [1.807, 2.05) is 0 Å². The summed E-state index contributed by atoms with van der Waals surface area (Å²) in [6.45, 7) is 0.622. The van der Waals surface area contributed by atoms with Crippen LogP contribution in [0.5, 0.6) is 0 Å². The zero-order valence-corrected chi connectivity index (χ0v) is 9.55. The maximum atomic E-state index is 9.83. The lowest BCUT2D eigenvalue weighted by atomic mass is 10.2. The number of aliphatic hydroxyl groups is 3. The second-order valence-corrected chi connectivity index (χ2v) is 3.87. The molecule has 0 aliphatic heterocycles. The number of carbonyl (C=O) groups excluding carboxylic acids is 1. The quantitative estimate of drug-likeness (QED) is 0.193. The van der Waals surface area contributed by atoms with Crippen molar-refractivity contribution >= 4 is 6.47 Å². The summed E-state index contributed by atoms with van der Waals surface area (Å²) < 4.78 is 4.45. The Morgan fingerprint density at radius 2 is 1.50 bits per heavy atom. The van der Waals surface area contributed by atoms with E-state index in [-0.39, 0.29) is 24.7 Å². The number of hydrogen-bond acceptors (Lipinski definition) is 5. The molecule has 0 saturated carbocycles. The van der Waals surface area contributed by atoms with E-state index >= 15 is 0 Å². The molecular formula is C10H22NO5+. The van der Waals surface area contributed by atoms with Gasteiger partial charge in [-0.25, -0.2) is 0 Å². The molecule has 0 aliphatic rings. The Bertz CT molecular complexity index is 164. The van der Waals surface area contributed by atoms with Crippen LogP contribution in [-0.4, -0.2) is 59.6 Å². The molecule has 6 heteroatoms. The second-order valence-electron chi connectivity index (χ2n) is 3.87. The van der Waals surface area contributed by atoms with Crippen LogP contribution in [0.2, 0.25) is 0 Å². The van der Waals surface area contributed by atoms with Gasteiger partial charge in [0, 0.05) is 0 Å². The first-order valence-corrected chi connectivity index (χ1v) is 5.47. The first-order chi connectivity index (χ1) is 7.74. The minimum absolute atomic E-state index is 0.0924. The predicted octanol–water partition coefficient (Wildman–Crippen LogP) is -0.614. The number of nitrogens with zero attached hydrogens (tertiary/aromatic N) is 1. The molecule has 0 bridgehead atoms. The molecule has 3 N–H and O–H groups in total. The minimum atomic E-state index is -0.263. The van der Waals surface area contributed by atoms with Gasteiger partial charge in [0.15, 0.2) is 20.2 Å². The SMILES string of the molecule is O=COCCCCCC[N+](CO)(CO)CO. The topological polar surface area (TPSA) is 87.0 Å². The Labute approximate surface area is 95.7 Å². The van der Waals surface area contributed by atoms with Gasteiger partial charge in [-0.1, -0.05) is 0 Å². The van der Waals surface area contributed by atoms with Crippen LogP contribution in [0, 0.1) is 0 Å². The van der Waals surface area contributed by atoms with Gasteiger partial charge in [-0.2, -0.15) is 0 Å². The summed E-state index contributed by atoms with van der Waals surface area (Å²) in [4.78, 5) is 9.83. The molecule has 0 unspecified atom stereocenters. The zero-order chi connectivity index (χ0) is 12.3. The van der Waals surface area contributed by atoms with Gasteiger partial charge in [0.1, 0.15) is 0 Å². The van der Waals surface area contributed by atoms with Crippen LogP contribution in [0.4, 0.5) is 0 Å². The lowest BCUT2D eigenvalue weighted by Crippen LogP contribution is -2.50. The second kappa shape index (κ2) is 9.53. The number of unbranched alkanes of at least 4 members (excludes halogenated alkanes) is 3. The molecule has 0 rings (SSSR count). The Balaban J connectivity index is 3.51. The highest BCUT2D eigenvalue weighted by molar-refractivity contribution is 5.36. The third-order valence-corrected chi connectivity index (χ3v) is 2.61. The average molecular weight is 236 g/mol. The molecule has 96 valence electrons. The van der Waals surface area contributed by atoms with Crippen molar-refractivity contribution < 1.29 is 29.3 Å². The molecule has 0 saturated heterocycles. The number of hydrogen-bond donors (Lipinski definition) is 3. The van der Waals surface area contributed by atoms with Crippen LogP contribution in [0.1, 0.15) is 25.7 Å². The van der Waals surface area contributed by atoms with E-state index < -0.39 is 0 Å². The lowest BCUT2D eigenvalue weighted by Gasteiger charge is -2.31. The molecule has 0 aromatic rings. The smallest absolute Gasteiger partial charge is 0.293 e. The number of rotatable bonds is 11. The van der Waals surface area contributed by atoms with E-state index in [1.54, 1.807) is 0 Å². The van der Waals surface area contributed by atoms with Crippen molar-refractivity contribution in [2.75, 3.05) is 33.3 Å². The molecule has 16 heavy (non-hydrogen) atoms. The van der Waals surface area contributed by atoms with Gasteiger partial charge in [0.25, 0.3) is 6.47 Å². The van der Waals surface area contributed by atoms with E-state index in [9.17, 15) is 4.79 Å². The molecule has 0 aliphatic carbocycles. The van der Waals surface area contributed by atoms with Crippen LogP contribution in [-0.2, 0) is 9.53 Å². The summed E-state index contributed by atoms with van der Waals surface area (Å²) in [5.41, 5.74) is 0. The van der Waals surface area contributed by atoms with Gasteiger partial charge in [0.2, 0.25) is 0 Å². The Morgan fingerprint density at radius 1 is 0.938 bits per heavy atom. The summed E-state index contributed by atoms with van der Waals surface area (Å²) in [5, 5.41) is 27.1. The van der Waals surface area contributed by atoms with E-state index in [2.05, 4.69) is 4.74 Å². The van der Waals surface area contributed by atoms with E-state index in [0.29, 0.717) is 19.6 Å². The van der Waals surface area contributed by atoms with Gasteiger partial charge in [-0.3, -0.25) is 9.28 Å². The van der Waals surface area contributed by atoms with E-state index in [4.69, 9.17) is 15.3 Å². The zero-order valence-electron chi connectivity index (χ0n) is 9.55. The summed E-state index contributed by atoms with van der Waals surface area (Å²) in [7, 11) is 0. The highest BCUT2D eigenvalue weighted by atomic mass is 16.5. The Morgan fingerprint density at radius 3 is 2.00 bits per heavy atom. The van der Waals surface area contributed by atoms with Crippen molar-refractivity contribution in [3.8, 4) is 0 Å². The van der Waals surface area contributed by atoms with Crippen molar-refractivity contribution in [1.29, 1.82) is 0 Å². The molecule has 0 fully saturated rings. The summed E-state index contributed by atoms with van der Waals surface area (Å²) in [6, 6.07) is 0. The fraction of sp³-hybridized carbons (Fsp3) is 0.900. The van der Waals surface area contributed by atoms with Crippen LogP contribution < -0.4 is 0 Å². The minimum Gasteiger partial charge on any atom is -0.468 e. The van der Waals surface area contributed by atoms with Crippen molar-refractivity contribution in [3.63, 3.8) is 0 Å². The average Bonchev–Trinajstić information content (AvgIpc) is 2.34. The molecule has 0 radical (unpaired) electrons. The van der Waals surface area contributed by atoms with Crippen LogP contribution in [0.15, 0.2) is 0 Å². The summed E-state index contributed by atoms with van der Waals surface area (Å²) >= 11 is 0. The first-order valence-electron chi connectivity index (χ1n) is 5.47. The van der Waals surface area contributed by atoms with E-state index in [1.165, 1.54) is 0 Å². The molecule has 0 heterocycles. The molecular weight excluding hydrogens is 214 g/mol. The van der Waals surface area contributed by atoms with Gasteiger partial charge in [-0.15, -0.1) is 0 Å². The van der Waals surface area contributed by atoms with Gasteiger partial charge < -0.3 is 20.1 Å². The highest BCUT2D eigenvalue weighted by Crippen LogP contribution is 2.08. The fourth-order valence-electron chi connectivity index (χ4n) is 1.38. The van der Waals surface area contributed by atoms with Crippen molar-refractivity contribution in [2.24, 2.45) is 0 Å². The van der Waals surface area contributed by atoms with Gasteiger partial charge in [-0.05, 0) is 25.7 Å². The number of aliphatic hydroxyl groups excluding tert-OH is 3. The molecule has 6 nitrogen and oxygen atoms in total. The Hall–Kier alpha value is -0.690. The van der Waals surface area contributed by atoms with Crippen molar-refractivity contribution in [3.05, 3.63) is 0 Å². The molecule has 0 spiro atoms. The van der Waals surface area contributed by atoms with Crippen molar-refractivity contribution in [1.82, 2.24) is 0 Å². The monoisotopic (exact) mass is 236 g/mol. The molecule has 0 aromatic carbocycles. The summed E-state index contributed by atoms with van der Waals surface area (Å²) in [6.07, 6.45) is 3.47. The normalized spacial score (nSPS) is 11.4. The molecule has 0 amide bonds. The lowest BCUT2D eigenvalue weighted by molar-refractivity contribution is -0.976. The van der Waals surface area contributed by atoms with Crippen LogP contribution >= 0.6 is 0 Å². The van der Waals surface area contributed by atoms with Gasteiger partial charge >= 0.3 is 0 Å². The van der Waals surface area contributed by atoms with Crippen molar-refractivity contribution in [2.45, 2.75) is 25.7 Å². The van der Waals surface area contributed by atoms with E-state index in [0.717, 1.165) is 25.7 Å². The third kappa shape index (κ3) is 6.02. The summed E-state index contributed by atoms with van der Waals surface area (Å²) in [5.74, 6) is 0. The largest absolute Gasteiger partial charge is 0.468 e. The molecule has 0 aromatic heterocycles. The first kappa shape index (κ1) is 15.3. The number of ether oxygens (including phenoxy) is 1. The fourth-order valence-corrected chi connectivity index (χ4v) is 1.38. The van der Waals surface area contributed by atoms with Crippen LogP contribution in [0.25, 0.3) is 0 Å².